The van der Waals surface area contributed by atoms with E-state index >= 15 is 0 Å². The Kier molecular flexibility index (Phi) is 13.3. The standard InChI is InChI=1S/C36H51NO7S/c1-24-12-10-11-15-29(24)31-20-26(16-17-30(31)34(38)37-32(18-19-45-6)35(39)40-5)21-41-25(2)33(27-13-8-7-9-14-27)42-22-28-23-43-36(3,4)44-28/h10-12,15-17,20,25,27-28,32-33H,7-9,13-14,18-19,21-23H2,1-6H3,(H,37,38)/t25?,28?,32-,33?/m0/s1. The van der Waals surface area contributed by atoms with Gasteiger partial charge in [-0.1, -0.05) is 49.6 Å². The van der Waals surface area contributed by atoms with Gasteiger partial charge in [-0.25, -0.2) is 4.79 Å². The Morgan fingerprint density at radius 1 is 1.07 bits per heavy atom. The van der Waals surface area contributed by atoms with Gasteiger partial charge in [-0.05, 0) is 99.3 Å². The van der Waals surface area contributed by atoms with Crippen LogP contribution < -0.4 is 5.32 Å². The first-order chi connectivity index (χ1) is 21.6. The fourth-order valence-electron chi connectivity index (χ4n) is 6.34. The van der Waals surface area contributed by atoms with Gasteiger partial charge in [0, 0.05) is 5.56 Å². The Bertz CT molecular complexity index is 1260. The number of nitrogens with one attached hydrogen (secondary N) is 1. The summed E-state index contributed by atoms with van der Waals surface area (Å²) in [6, 6.07) is 13.1. The normalized spacial score (nSPS) is 20.4. The van der Waals surface area contributed by atoms with E-state index in [1.165, 1.54) is 26.4 Å². The van der Waals surface area contributed by atoms with Crippen LogP contribution in [0.15, 0.2) is 42.5 Å². The highest BCUT2D eigenvalue weighted by atomic mass is 32.2. The maximum absolute atomic E-state index is 13.6. The highest BCUT2D eigenvalue weighted by Gasteiger charge is 2.36. The number of thioether (sulfide) groups is 1. The molecule has 248 valence electrons. The van der Waals surface area contributed by atoms with Crippen LogP contribution in [0.3, 0.4) is 0 Å². The number of carbonyl (C=O) groups excluding carboxylic acids is 2. The van der Waals surface area contributed by atoms with Crippen molar-refractivity contribution in [3.63, 3.8) is 0 Å². The summed E-state index contributed by atoms with van der Waals surface area (Å²) in [4.78, 5) is 26.0. The van der Waals surface area contributed by atoms with Crippen LogP contribution >= 0.6 is 11.8 Å². The SMILES string of the molecule is COC(=O)[C@H](CCSC)NC(=O)c1ccc(COC(C)C(OCC2COC(C)(C)O2)C2CCCCC2)cc1-c1ccccc1C. The predicted molar refractivity (Wildman–Crippen MR) is 178 cm³/mol. The van der Waals surface area contributed by atoms with E-state index in [9.17, 15) is 9.59 Å². The Labute approximate surface area is 273 Å². The van der Waals surface area contributed by atoms with Crippen LogP contribution in [0.2, 0.25) is 0 Å². The first-order valence-corrected chi connectivity index (χ1v) is 17.6. The molecule has 1 heterocycles. The van der Waals surface area contributed by atoms with Crippen molar-refractivity contribution in [1.29, 1.82) is 0 Å². The van der Waals surface area contributed by atoms with Crippen molar-refractivity contribution in [3.8, 4) is 11.1 Å². The lowest BCUT2D eigenvalue weighted by molar-refractivity contribution is -0.159. The zero-order chi connectivity index (χ0) is 32.4. The van der Waals surface area contributed by atoms with E-state index < -0.39 is 17.8 Å². The number of esters is 1. The fraction of sp³-hybridized carbons (Fsp3) is 0.611. The highest BCUT2D eigenvalue weighted by Crippen LogP contribution is 2.33. The first kappa shape index (κ1) is 35.4. The summed E-state index contributed by atoms with van der Waals surface area (Å²) in [7, 11) is 1.34. The molecule has 4 rings (SSSR count). The van der Waals surface area contributed by atoms with Gasteiger partial charge in [0.25, 0.3) is 5.91 Å². The van der Waals surface area contributed by atoms with Crippen molar-refractivity contribution in [1.82, 2.24) is 5.32 Å². The van der Waals surface area contributed by atoms with Gasteiger partial charge in [-0.15, -0.1) is 0 Å². The molecule has 0 bridgehead atoms. The van der Waals surface area contributed by atoms with Crippen molar-refractivity contribution in [2.24, 2.45) is 5.92 Å². The van der Waals surface area contributed by atoms with Crippen LogP contribution in [0.1, 0.15) is 80.8 Å². The molecule has 8 nitrogen and oxygen atoms in total. The molecule has 45 heavy (non-hydrogen) atoms. The molecule has 0 radical (unpaired) electrons. The van der Waals surface area contributed by atoms with Gasteiger partial charge in [0.05, 0.1) is 39.1 Å². The molecule has 0 aromatic heterocycles. The molecule has 1 N–H and O–H groups in total. The summed E-state index contributed by atoms with van der Waals surface area (Å²) in [6.07, 6.45) is 8.16. The monoisotopic (exact) mass is 641 g/mol. The molecular formula is C36H51NO7S. The quantitative estimate of drug-likeness (QED) is 0.215. The van der Waals surface area contributed by atoms with Crippen molar-refractivity contribution in [3.05, 3.63) is 59.2 Å². The third kappa shape index (κ3) is 10.0. The lowest BCUT2D eigenvalue weighted by atomic mass is 9.83. The molecular weight excluding hydrogens is 590 g/mol. The van der Waals surface area contributed by atoms with E-state index in [-0.39, 0.29) is 24.2 Å². The largest absolute Gasteiger partial charge is 0.467 e. The molecule has 1 aliphatic heterocycles. The number of benzene rings is 2. The van der Waals surface area contributed by atoms with Crippen LogP contribution in [-0.4, -0.2) is 74.3 Å². The number of methoxy groups -OCH3 is 1. The number of rotatable bonds is 15. The molecule has 9 heteroatoms. The lowest BCUT2D eigenvalue weighted by Gasteiger charge is -2.34. The second kappa shape index (κ2) is 16.9. The molecule has 1 amide bonds. The molecule has 0 spiro atoms. The molecule has 3 unspecified atom stereocenters. The summed E-state index contributed by atoms with van der Waals surface area (Å²) in [5, 5.41) is 2.92. The second-order valence-electron chi connectivity index (χ2n) is 12.7. The van der Waals surface area contributed by atoms with E-state index in [0.717, 1.165) is 40.8 Å². The van der Waals surface area contributed by atoms with E-state index in [0.29, 0.717) is 37.7 Å². The van der Waals surface area contributed by atoms with E-state index in [1.807, 2.05) is 69.5 Å². The smallest absolute Gasteiger partial charge is 0.328 e. The summed E-state index contributed by atoms with van der Waals surface area (Å²) in [5.41, 5.74) is 4.27. The van der Waals surface area contributed by atoms with E-state index in [1.54, 1.807) is 11.8 Å². The molecule has 1 saturated heterocycles. The van der Waals surface area contributed by atoms with Crippen LogP contribution in [0, 0.1) is 12.8 Å². The Morgan fingerprint density at radius 3 is 2.49 bits per heavy atom. The van der Waals surface area contributed by atoms with Crippen LogP contribution in [0.4, 0.5) is 0 Å². The molecule has 1 aliphatic carbocycles. The Hall–Kier alpha value is -2.43. The van der Waals surface area contributed by atoms with Crippen LogP contribution in [0.25, 0.3) is 11.1 Å². The van der Waals surface area contributed by atoms with Gasteiger partial charge in [0.1, 0.15) is 12.1 Å². The number of amides is 1. The van der Waals surface area contributed by atoms with Gasteiger partial charge >= 0.3 is 5.97 Å². The Balaban J connectivity index is 1.51. The van der Waals surface area contributed by atoms with E-state index in [4.69, 9.17) is 23.7 Å². The number of hydrogen-bond acceptors (Lipinski definition) is 8. The minimum atomic E-state index is -0.715. The number of hydrogen-bond donors (Lipinski definition) is 1. The predicted octanol–water partition coefficient (Wildman–Crippen LogP) is 6.71. The van der Waals surface area contributed by atoms with Gasteiger partial charge in [0.15, 0.2) is 5.79 Å². The second-order valence-corrected chi connectivity index (χ2v) is 13.7. The van der Waals surface area contributed by atoms with Gasteiger partial charge in [-0.3, -0.25) is 4.79 Å². The minimum absolute atomic E-state index is 0.0463. The van der Waals surface area contributed by atoms with Crippen molar-refractivity contribution in [2.75, 3.05) is 32.3 Å². The molecule has 2 aliphatic rings. The number of aryl methyl sites for hydroxylation is 1. The van der Waals surface area contributed by atoms with Crippen molar-refractivity contribution >= 4 is 23.6 Å². The van der Waals surface area contributed by atoms with Gasteiger partial charge < -0.3 is 29.0 Å². The van der Waals surface area contributed by atoms with Crippen molar-refractivity contribution in [2.45, 2.75) is 103 Å². The molecule has 2 aromatic rings. The number of carbonyl (C=O) groups is 2. The summed E-state index contributed by atoms with van der Waals surface area (Å²) >= 11 is 1.62. The molecule has 2 fully saturated rings. The molecule has 2 aromatic carbocycles. The molecule has 4 atom stereocenters. The van der Waals surface area contributed by atoms with E-state index in [2.05, 4.69) is 12.2 Å². The zero-order valence-corrected chi connectivity index (χ0v) is 28.6. The summed E-state index contributed by atoms with van der Waals surface area (Å²) < 4.78 is 29.8. The highest BCUT2D eigenvalue weighted by molar-refractivity contribution is 7.98. The maximum atomic E-state index is 13.6. The van der Waals surface area contributed by atoms with Crippen LogP contribution in [0.5, 0.6) is 0 Å². The molecule has 1 saturated carbocycles. The third-order valence-electron chi connectivity index (χ3n) is 8.80. The fourth-order valence-corrected chi connectivity index (χ4v) is 6.82. The summed E-state index contributed by atoms with van der Waals surface area (Å²) in [5.74, 6) is -0.170. The lowest BCUT2D eigenvalue weighted by Crippen LogP contribution is -2.42. The van der Waals surface area contributed by atoms with Crippen molar-refractivity contribution < 1.29 is 33.3 Å². The third-order valence-corrected chi connectivity index (χ3v) is 9.44. The summed E-state index contributed by atoms with van der Waals surface area (Å²) in [6.45, 7) is 9.37. The topological polar surface area (TPSA) is 92.3 Å². The number of ether oxygens (including phenoxy) is 5. The minimum Gasteiger partial charge on any atom is -0.467 e. The van der Waals surface area contributed by atoms with Crippen LogP contribution in [-0.2, 0) is 35.1 Å². The maximum Gasteiger partial charge on any atom is 0.328 e. The zero-order valence-electron chi connectivity index (χ0n) is 27.8. The average molecular weight is 642 g/mol. The average Bonchev–Trinajstić information content (AvgIpc) is 3.40. The Morgan fingerprint density at radius 2 is 1.82 bits per heavy atom. The van der Waals surface area contributed by atoms with Gasteiger partial charge in [-0.2, -0.15) is 11.8 Å². The van der Waals surface area contributed by atoms with Gasteiger partial charge in [0.2, 0.25) is 0 Å². The first-order valence-electron chi connectivity index (χ1n) is 16.2.